The first-order chi connectivity index (χ1) is 18.5. The molecule has 1 fully saturated rings. The van der Waals surface area contributed by atoms with Crippen LogP contribution in [0.25, 0.3) is 5.69 Å². The van der Waals surface area contributed by atoms with Gasteiger partial charge in [-0.05, 0) is 44.5 Å². The van der Waals surface area contributed by atoms with Crippen molar-refractivity contribution in [2.45, 2.75) is 38.1 Å². The van der Waals surface area contributed by atoms with Crippen LogP contribution in [0.3, 0.4) is 0 Å². The number of aromatic nitrogens is 2. The number of sulfonamides is 1. The standard InChI is InChI=1S/C25H28ClN5O7S/c1-4-16(2)28-39(35,36)22-15-20(31(33)34)8-9-21(22)38-25-17(3)23(24(32)29-10-12-37-13-11-29)27-30(25)19-7-5-6-18(26)14-19/h5-9,14-16,28H,4,10-13H2,1-3H3. The van der Waals surface area contributed by atoms with Gasteiger partial charge in [-0.2, -0.15) is 9.78 Å². The average molecular weight is 578 g/mol. The Morgan fingerprint density at radius 1 is 1.26 bits per heavy atom. The van der Waals surface area contributed by atoms with Crippen LogP contribution in [0, 0.1) is 17.0 Å². The summed E-state index contributed by atoms with van der Waals surface area (Å²) in [6.45, 7) is 6.70. The molecule has 0 aliphatic carbocycles. The van der Waals surface area contributed by atoms with Crippen molar-refractivity contribution < 1.29 is 27.6 Å². The van der Waals surface area contributed by atoms with Gasteiger partial charge in [-0.15, -0.1) is 0 Å². The molecule has 0 bridgehead atoms. The minimum absolute atomic E-state index is 0.0581. The molecule has 1 unspecified atom stereocenters. The monoisotopic (exact) mass is 577 g/mol. The third-order valence-corrected chi connectivity index (χ3v) is 8.07. The van der Waals surface area contributed by atoms with Gasteiger partial charge in [0, 0.05) is 41.9 Å². The summed E-state index contributed by atoms with van der Waals surface area (Å²) >= 11 is 6.21. The molecule has 1 N–H and O–H groups in total. The molecule has 4 rings (SSSR count). The summed E-state index contributed by atoms with van der Waals surface area (Å²) in [4.78, 5) is 25.3. The van der Waals surface area contributed by atoms with E-state index in [9.17, 15) is 23.3 Å². The largest absolute Gasteiger partial charge is 0.437 e. The molecule has 2 aromatic carbocycles. The molecule has 12 nitrogen and oxygen atoms in total. The van der Waals surface area contributed by atoms with Crippen LogP contribution in [0.2, 0.25) is 5.02 Å². The van der Waals surface area contributed by atoms with Gasteiger partial charge in [0.25, 0.3) is 11.6 Å². The molecule has 1 aliphatic heterocycles. The first kappa shape index (κ1) is 28.5. The number of ether oxygens (including phenoxy) is 2. The second-order valence-corrected chi connectivity index (χ2v) is 11.1. The molecule has 0 spiro atoms. The van der Waals surface area contributed by atoms with Gasteiger partial charge < -0.3 is 14.4 Å². The van der Waals surface area contributed by atoms with Gasteiger partial charge in [0.1, 0.15) is 10.6 Å². The summed E-state index contributed by atoms with van der Waals surface area (Å²) in [5.74, 6) is -0.452. The Kier molecular flexibility index (Phi) is 8.54. The van der Waals surface area contributed by atoms with Crippen LogP contribution in [0.1, 0.15) is 36.3 Å². The maximum Gasteiger partial charge on any atom is 0.274 e. The molecule has 1 saturated heterocycles. The van der Waals surface area contributed by atoms with E-state index in [4.69, 9.17) is 21.1 Å². The maximum absolute atomic E-state index is 13.4. The van der Waals surface area contributed by atoms with Gasteiger partial charge in [0.15, 0.2) is 5.69 Å². The van der Waals surface area contributed by atoms with Crippen molar-refractivity contribution in [3.05, 3.63) is 68.9 Å². The van der Waals surface area contributed by atoms with Crippen molar-refractivity contribution in [2.24, 2.45) is 0 Å². The summed E-state index contributed by atoms with van der Waals surface area (Å²) in [6, 6.07) is 9.54. The highest BCUT2D eigenvalue weighted by Gasteiger charge is 2.30. The second-order valence-electron chi connectivity index (χ2n) is 9.00. The number of amides is 1. The van der Waals surface area contributed by atoms with Crippen LogP contribution in [-0.4, -0.2) is 66.3 Å². The molecular weight excluding hydrogens is 550 g/mol. The zero-order valence-electron chi connectivity index (χ0n) is 21.6. The SMILES string of the molecule is CCC(C)NS(=O)(=O)c1cc([N+](=O)[O-])ccc1Oc1c(C)c(C(=O)N2CCOCC2)nn1-c1cccc(Cl)c1. The van der Waals surface area contributed by atoms with Gasteiger partial charge in [-0.1, -0.05) is 24.6 Å². The zero-order valence-corrected chi connectivity index (χ0v) is 23.2. The fraction of sp³-hybridized carbons (Fsp3) is 0.360. The van der Waals surface area contributed by atoms with Crippen LogP contribution >= 0.6 is 11.6 Å². The van der Waals surface area contributed by atoms with E-state index in [1.54, 1.807) is 49.9 Å². The lowest BCUT2D eigenvalue weighted by Gasteiger charge is -2.26. The Labute approximate surface area is 230 Å². The fourth-order valence-corrected chi connectivity index (χ4v) is 5.58. The van der Waals surface area contributed by atoms with Crippen molar-refractivity contribution in [1.82, 2.24) is 19.4 Å². The van der Waals surface area contributed by atoms with Crippen molar-refractivity contribution in [1.29, 1.82) is 0 Å². The second kappa shape index (κ2) is 11.7. The lowest BCUT2D eigenvalue weighted by atomic mass is 10.2. The number of nitro benzene ring substituents is 1. The predicted molar refractivity (Wildman–Crippen MR) is 143 cm³/mol. The van der Waals surface area contributed by atoms with Crippen LogP contribution < -0.4 is 9.46 Å². The first-order valence-electron chi connectivity index (χ1n) is 12.2. The first-order valence-corrected chi connectivity index (χ1v) is 14.1. The minimum Gasteiger partial charge on any atom is -0.437 e. The fourth-order valence-electron chi connectivity index (χ4n) is 3.92. The molecule has 1 aliphatic rings. The summed E-state index contributed by atoms with van der Waals surface area (Å²) in [7, 11) is -4.22. The topological polar surface area (TPSA) is 146 Å². The van der Waals surface area contributed by atoms with E-state index in [2.05, 4.69) is 9.82 Å². The number of carbonyl (C=O) groups excluding carboxylic acids is 1. The number of nitro groups is 1. The Hall–Kier alpha value is -3.52. The lowest BCUT2D eigenvalue weighted by Crippen LogP contribution is -2.41. The highest BCUT2D eigenvalue weighted by Crippen LogP contribution is 2.36. The summed E-state index contributed by atoms with van der Waals surface area (Å²) in [6.07, 6.45) is 0.498. The number of nitrogens with zero attached hydrogens (tertiary/aromatic N) is 4. The Bertz CT molecular complexity index is 1500. The van der Waals surface area contributed by atoms with Crippen molar-refractivity contribution in [3.63, 3.8) is 0 Å². The van der Waals surface area contributed by atoms with Gasteiger partial charge in [0.2, 0.25) is 15.9 Å². The molecule has 0 saturated carbocycles. The van der Waals surface area contributed by atoms with Crippen LogP contribution in [0.4, 0.5) is 5.69 Å². The zero-order chi connectivity index (χ0) is 28.3. The lowest BCUT2D eigenvalue weighted by molar-refractivity contribution is -0.385. The highest BCUT2D eigenvalue weighted by molar-refractivity contribution is 7.89. The molecule has 2 heterocycles. The molecule has 208 valence electrons. The van der Waals surface area contributed by atoms with Crippen LogP contribution in [-0.2, 0) is 14.8 Å². The minimum atomic E-state index is -4.22. The number of carbonyl (C=O) groups is 1. The van der Waals surface area contributed by atoms with Crippen LogP contribution in [0.5, 0.6) is 11.6 Å². The van der Waals surface area contributed by atoms with Crippen molar-refractivity contribution in [3.8, 4) is 17.3 Å². The number of rotatable bonds is 9. The maximum atomic E-state index is 13.4. The Morgan fingerprint density at radius 2 is 1.97 bits per heavy atom. The summed E-state index contributed by atoms with van der Waals surface area (Å²) in [5.41, 5.74) is 0.500. The van der Waals surface area contributed by atoms with E-state index in [0.29, 0.717) is 49.0 Å². The Balaban J connectivity index is 1.86. The van der Waals surface area contributed by atoms with E-state index < -0.39 is 31.6 Å². The van der Waals surface area contributed by atoms with E-state index in [1.807, 2.05) is 0 Å². The van der Waals surface area contributed by atoms with E-state index >= 15 is 0 Å². The van der Waals surface area contributed by atoms with Crippen molar-refractivity contribution >= 4 is 33.2 Å². The molecule has 1 aromatic heterocycles. The number of morpholine rings is 1. The number of benzene rings is 2. The molecule has 14 heteroatoms. The van der Waals surface area contributed by atoms with Gasteiger partial charge in [-0.25, -0.2) is 13.1 Å². The number of halogens is 1. The molecular formula is C25H28ClN5O7S. The number of nitrogens with one attached hydrogen (secondary N) is 1. The van der Waals surface area contributed by atoms with E-state index in [0.717, 1.165) is 12.1 Å². The Morgan fingerprint density at radius 3 is 2.62 bits per heavy atom. The average Bonchev–Trinajstić information content (AvgIpc) is 3.24. The molecule has 1 amide bonds. The molecule has 0 radical (unpaired) electrons. The highest BCUT2D eigenvalue weighted by atomic mass is 35.5. The molecule has 39 heavy (non-hydrogen) atoms. The predicted octanol–water partition coefficient (Wildman–Crippen LogP) is 4.08. The van der Waals surface area contributed by atoms with E-state index in [-0.39, 0.29) is 23.2 Å². The quantitative estimate of drug-likeness (QED) is 0.296. The van der Waals surface area contributed by atoms with Crippen LogP contribution in [0.15, 0.2) is 47.4 Å². The normalized spacial score (nSPS) is 14.7. The molecule has 3 aromatic rings. The third-order valence-electron chi connectivity index (χ3n) is 6.22. The van der Waals surface area contributed by atoms with E-state index in [1.165, 1.54) is 10.7 Å². The molecule has 1 atom stereocenters. The summed E-state index contributed by atoms with van der Waals surface area (Å²) < 4.78 is 41.9. The number of hydrogen-bond donors (Lipinski definition) is 1. The van der Waals surface area contributed by atoms with Gasteiger partial charge in [0.05, 0.1) is 23.8 Å². The summed E-state index contributed by atoms with van der Waals surface area (Å²) in [5, 5.41) is 16.4. The van der Waals surface area contributed by atoms with Gasteiger partial charge >= 0.3 is 0 Å². The van der Waals surface area contributed by atoms with Crippen molar-refractivity contribution in [2.75, 3.05) is 26.3 Å². The van der Waals surface area contributed by atoms with Gasteiger partial charge in [-0.3, -0.25) is 14.9 Å². The number of non-ortho nitro benzene ring substituents is 1. The smallest absolute Gasteiger partial charge is 0.274 e. The number of hydrogen-bond acceptors (Lipinski definition) is 8. The third kappa shape index (κ3) is 6.22.